The number of halogens is 3. The number of sulfonamides is 1. The molecule has 1 aromatic carbocycles. The van der Waals surface area contributed by atoms with Gasteiger partial charge in [0.1, 0.15) is 11.3 Å². The summed E-state index contributed by atoms with van der Waals surface area (Å²) in [5, 5.41) is 0.481. The first kappa shape index (κ1) is 25.1. The maximum absolute atomic E-state index is 13.3. The minimum absolute atomic E-state index is 0.0905. The lowest BCUT2D eigenvalue weighted by Crippen LogP contribution is -2.40. The van der Waals surface area contributed by atoms with E-state index >= 15 is 0 Å². The molecule has 0 spiro atoms. The smallest absolute Gasteiger partial charge is 0.433 e. The number of Topliss-reactive ketones (excluding diaryl/α,β-unsaturated/α-hetero) is 1. The molecule has 1 saturated heterocycles. The molecule has 5 rings (SSSR count). The number of carbonyl (C=O) groups excluding carboxylic acids is 1. The highest BCUT2D eigenvalue weighted by Gasteiger charge is 2.40. The number of hydrogen-bond donors (Lipinski definition) is 0. The van der Waals surface area contributed by atoms with Gasteiger partial charge in [-0.15, -0.1) is 0 Å². The Morgan fingerprint density at radius 1 is 1.05 bits per heavy atom. The molecule has 3 aromatic heterocycles. The zero-order chi connectivity index (χ0) is 26.2. The van der Waals surface area contributed by atoms with Gasteiger partial charge in [-0.25, -0.2) is 8.42 Å². The summed E-state index contributed by atoms with van der Waals surface area (Å²) in [4.78, 5) is 20.7. The molecule has 1 fully saturated rings. The van der Waals surface area contributed by atoms with E-state index in [2.05, 4.69) is 9.97 Å². The summed E-state index contributed by atoms with van der Waals surface area (Å²) in [5.74, 6) is -0.209. The van der Waals surface area contributed by atoms with Crippen LogP contribution in [0, 0.1) is 0 Å². The first-order valence-electron chi connectivity index (χ1n) is 11.6. The van der Waals surface area contributed by atoms with Crippen molar-refractivity contribution in [1.82, 2.24) is 14.3 Å². The summed E-state index contributed by atoms with van der Waals surface area (Å²) in [6, 6.07) is 11.6. The maximum atomic E-state index is 13.3. The number of hydrogen-bond acceptors (Lipinski definition) is 6. The molecule has 0 saturated carbocycles. The quantitative estimate of drug-likeness (QED) is 0.324. The van der Waals surface area contributed by atoms with Crippen molar-refractivity contribution >= 4 is 26.8 Å². The Balaban J connectivity index is 1.28. The van der Waals surface area contributed by atoms with Crippen LogP contribution in [0.4, 0.5) is 13.2 Å². The molecule has 0 radical (unpaired) electrons. The third-order valence-electron chi connectivity index (χ3n) is 6.38. The molecular weight excluding hydrogens is 507 g/mol. The highest BCUT2D eigenvalue weighted by molar-refractivity contribution is 7.89. The molecule has 4 heterocycles. The van der Waals surface area contributed by atoms with Gasteiger partial charge in [0.05, 0.1) is 6.04 Å². The average molecular weight is 530 g/mol. The summed E-state index contributed by atoms with van der Waals surface area (Å²) >= 11 is 0. The summed E-state index contributed by atoms with van der Waals surface area (Å²) in [7, 11) is -3.99. The second kappa shape index (κ2) is 9.71. The molecule has 1 aliphatic heterocycles. The lowest BCUT2D eigenvalue weighted by Gasteiger charge is -2.21. The number of fused-ring (bicyclic) bond motifs is 1. The lowest BCUT2D eigenvalue weighted by molar-refractivity contribution is -0.141. The monoisotopic (exact) mass is 529 g/mol. The normalized spacial score (nSPS) is 16.9. The molecule has 1 aliphatic rings. The second-order valence-corrected chi connectivity index (χ2v) is 10.7. The Bertz CT molecular complexity index is 1520. The second-order valence-electron chi connectivity index (χ2n) is 8.86. The number of rotatable bonds is 7. The van der Waals surface area contributed by atoms with Crippen LogP contribution in [-0.4, -0.2) is 41.1 Å². The third-order valence-corrected chi connectivity index (χ3v) is 8.15. The zero-order valence-corrected chi connectivity index (χ0v) is 20.3. The van der Waals surface area contributed by atoms with Gasteiger partial charge in [-0.2, -0.15) is 17.5 Å². The van der Waals surface area contributed by atoms with Crippen LogP contribution in [0.15, 0.2) is 76.6 Å². The Morgan fingerprint density at radius 2 is 1.86 bits per heavy atom. The van der Waals surface area contributed by atoms with Crippen LogP contribution in [-0.2, 0) is 27.4 Å². The van der Waals surface area contributed by atoms with E-state index < -0.39 is 27.9 Å². The number of para-hydroxylation sites is 1. The van der Waals surface area contributed by atoms with Crippen LogP contribution < -0.4 is 0 Å². The molecule has 0 aliphatic carbocycles. The van der Waals surface area contributed by atoms with Crippen molar-refractivity contribution in [3.8, 4) is 11.1 Å². The van der Waals surface area contributed by atoms with E-state index in [0.29, 0.717) is 46.9 Å². The Kier molecular flexibility index (Phi) is 6.59. The summed E-state index contributed by atoms with van der Waals surface area (Å²) in [6.45, 7) is 0.230. The Morgan fingerprint density at radius 3 is 2.59 bits per heavy atom. The number of nitrogens with zero attached hydrogens (tertiary/aromatic N) is 3. The van der Waals surface area contributed by atoms with Crippen LogP contribution in [0.3, 0.4) is 0 Å². The van der Waals surface area contributed by atoms with Crippen molar-refractivity contribution in [2.45, 2.75) is 43.0 Å². The molecule has 0 amide bonds. The van der Waals surface area contributed by atoms with E-state index in [-0.39, 0.29) is 23.8 Å². The highest BCUT2D eigenvalue weighted by atomic mass is 32.2. The summed E-state index contributed by atoms with van der Waals surface area (Å²) < 4.78 is 71.7. The number of furan rings is 1. The van der Waals surface area contributed by atoms with E-state index in [1.807, 2.05) is 0 Å². The van der Waals surface area contributed by atoms with Gasteiger partial charge in [0.15, 0.2) is 5.78 Å². The first-order valence-corrected chi connectivity index (χ1v) is 13.1. The van der Waals surface area contributed by atoms with Crippen molar-refractivity contribution < 1.29 is 30.8 Å². The largest absolute Gasteiger partial charge is 0.443 e. The van der Waals surface area contributed by atoms with Crippen LogP contribution in [0.5, 0.6) is 0 Å². The van der Waals surface area contributed by atoms with Gasteiger partial charge in [0.2, 0.25) is 5.09 Å². The molecular formula is C26H22F3N3O4S. The molecule has 0 bridgehead atoms. The van der Waals surface area contributed by atoms with Gasteiger partial charge in [0.25, 0.3) is 10.0 Å². The lowest BCUT2D eigenvalue weighted by atomic mass is 10.0. The van der Waals surface area contributed by atoms with Gasteiger partial charge < -0.3 is 4.42 Å². The summed E-state index contributed by atoms with van der Waals surface area (Å²) in [6.07, 6.45) is 1.08. The topological polar surface area (TPSA) is 93.4 Å². The van der Waals surface area contributed by atoms with E-state index in [4.69, 9.17) is 4.42 Å². The van der Waals surface area contributed by atoms with Crippen molar-refractivity contribution in [2.24, 2.45) is 0 Å². The predicted molar refractivity (Wildman–Crippen MR) is 129 cm³/mol. The van der Waals surface area contributed by atoms with E-state index in [1.54, 1.807) is 36.5 Å². The van der Waals surface area contributed by atoms with Crippen LogP contribution >= 0.6 is 0 Å². The van der Waals surface area contributed by atoms with E-state index in [9.17, 15) is 26.4 Å². The van der Waals surface area contributed by atoms with E-state index in [0.717, 1.165) is 12.3 Å². The molecule has 37 heavy (non-hydrogen) atoms. The van der Waals surface area contributed by atoms with Gasteiger partial charge >= 0.3 is 6.18 Å². The minimum Gasteiger partial charge on any atom is -0.443 e. The van der Waals surface area contributed by atoms with Crippen molar-refractivity contribution in [1.29, 1.82) is 0 Å². The average Bonchev–Trinajstić information content (AvgIpc) is 3.55. The fourth-order valence-corrected chi connectivity index (χ4v) is 6.13. The molecule has 7 nitrogen and oxygen atoms in total. The fourth-order valence-electron chi connectivity index (χ4n) is 4.50. The number of aryl methyl sites for hydroxylation is 1. The fraction of sp³-hybridized carbons (Fsp3) is 0.269. The van der Waals surface area contributed by atoms with Crippen LogP contribution in [0.25, 0.3) is 22.1 Å². The number of pyridine rings is 2. The number of ketones is 1. The first-order chi connectivity index (χ1) is 17.6. The molecule has 11 heteroatoms. The van der Waals surface area contributed by atoms with Gasteiger partial charge in [-0.1, -0.05) is 24.3 Å². The molecule has 4 aromatic rings. The van der Waals surface area contributed by atoms with Crippen LogP contribution in [0.2, 0.25) is 0 Å². The number of aromatic nitrogens is 2. The Hall–Kier alpha value is -3.57. The molecule has 1 atom stereocenters. The third kappa shape index (κ3) is 5.14. The van der Waals surface area contributed by atoms with Gasteiger partial charge in [-0.05, 0) is 43.0 Å². The Labute approximate surface area is 211 Å². The molecule has 0 N–H and O–H groups in total. The standard InChI is InChI=1S/C26H22F3N3O4S/c27-26(28,29)24-10-8-19(16-31-24)20-12-17(14-30-15-20)7-9-22(33)21-5-3-11-32(21)37(34,35)25-13-18-4-1-2-6-23(18)36-25/h1-2,4,6,8,10,12-16,21H,3,5,7,9,11H2/t21-/m0/s1. The van der Waals surface area contributed by atoms with Crippen molar-refractivity contribution in [3.63, 3.8) is 0 Å². The number of benzene rings is 1. The molecule has 0 unspecified atom stereocenters. The van der Waals surface area contributed by atoms with E-state index in [1.165, 1.54) is 22.6 Å². The predicted octanol–water partition coefficient (Wildman–Crippen LogP) is 5.26. The number of alkyl halides is 3. The van der Waals surface area contributed by atoms with Gasteiger partial charge in [-0.3, -0.25) is 14.8 Å². The minimum atomic E-state index is -4.52. The SMILES string of the molecule is O=C(CCc1cncc(-c2ccc(C(F)(F)F)nc2)c1)[C@@H]1CCCN1S(=O)(=O)c1cc2ccccc2o1. The van der Waals surface area contributed by atoms with Crippen molar-refractivity contribution in [2.75, 3.05) is 6.54 Å². The molecule has 192 valence electrons. The zero-order valence-electron chi connectivity index (χ0n) is 19.5. The highest BCUT2D eigenvalue weighted by Crippen LogP contribution is 2.32. The van der Waals surface area contributed by atoms with Gasteiger partial charge in [0, 0.05) is 54.1 Å². The summed E-state index contributed by atoms with van der Waals surface area (Å²) in [5.41, 5.74) is 1.22. The maximum Gasteiger partial charge on any atom is 0.433 e. The number of carbonyl (C=O) groups is 1. The van der Waals surface area contributed by atoms with Crippen molar-refractivity contribution in [3.05, 3.63) is 78.4 Å². The van der Waals surface area contributed by atoms with Crippen LogP contribution in [0.1, 0.15) is 30.5 Å².